The van der Waals surface area contributed by atoms with Gasteiger partial charge in [0, 0.05) is 36.5 Å². The van der Waals surface area contributed by atoms with Crippen LogP contribution in [0.5, 0.6) is 0 Å². The van der Waals surface area contributed by atoms with Crippen LogP contribution in [0.2, 0.25) is 0 Å². The molecule has 1 aliphatic rings. The molecule has 0 saturated heterocycles. The van der Waals surface area contributed by atoms with Crippen molar-refractivity contribution in [3.63, 3.8) is 0 Å². The third kappa shape index (κ3) is 11.1. The van der Waals surface area contributed by atoms with Crippen molar-refractivity contribution in [2.45, 2.75) is 158 Å². The van der Waals surface area contributed by atoms with Gasteiger partial charge in [-0.3, -0.25) is 14.6 Å². The van der Waals surface area contributed by atoms with Crippen LogP contribution >= 0.6 is 11.3 Å². The highest BCUT2D eigenvalue weighted by molar-refractivity contribution is 7.16. The molecule has 0 radical (unpaired) electrons. The number of anilines is 1. The third-order valence-corrected chi connectivity index (χ3v) is 10.7. The first-order valence-corrected chi connectivity index (χ1v) is 19.7. The van der Waals surface area contributed by atoms with E-state index in [1.54, 1.807) is 32.1 Å². The van der Waals surface area contributed by atoms with E-state index in [0.717, 1.165) is 59.5 Å². The van der Waals surface area contributed by atoms with Crippen molar-refractivity contribution in [2.75, 3.05) is 25.0 Å². The van der Waals surface area contributed by atoms with Crippen molar-refractivity contribution in [1.82, 2.24) is 15.0 Å². The number of thiazole rings is 1. The van der Waals surface area contributed by atoms with Gasteiger partial charge in [-0.2, -0.15) is 5.26 Å². The van der Waals surface area contributed by atoms with Crippen molar-refractivity contribution in [2.24, 2.45) is 17.3 Å². The van der Waals surface area contributed by atoms with Crippen LogP contribution in [0, 0.1) is 28.6 Å². The molecule has 8 nitrogen and oxygen atoms in total. The Kier molecular flexibility index (Phi) is 16.5. The van der Waals surface area contributed by atoms with Crippen molar-refractivity contribution in [1.29, 1.82) is 5.26 Å². The van der Waals surface area contributed by atoms with E-state index in [9.17, 15) is 20.0 Å². The second kappa shape index (κ2) is 19.1. The van der Waals surface area contributed by atoms with Gasteiger partial charge in [-0.1, -0.05) is 132 Å². The molecule has 1 aromatic rings. The highest BCUT2D eigenvalue weighted by Crippen LogP contribution is 2.40. The lowest BCUT2D eigenvalue weighted by molar-refractivity contribution is -0.180. The lowest BCUT2D eigenvalue weighted by Gasteiger charge is -2.42. The molecule has 3 atom stereocenters. The molecule has 2 amide bonds. The van der Waals surface area contributed by atoms with Crippen LogP contribution in [0.15, 0.2) is 16.7 Å². The molecule has 1 aromatic heterocycles. The number of aliphatic hydroxyl groups is 1. The standard InChI is InChI=1S/C40H67N5O3S/c1-13-18-21-28(16-4)26-44(27-29(17-5)22-19-14-2)38-42-34(39(6,7)8)33(49-38)24-31-30(23-20-15-3)32(25-41)36(47)45(35(31)46)43(12)37(48)40(9,10)11/h24,28-29,35,46H,13-23,26-27H2,1-12H3/b31-24-. The summed E-state index contributed by atoms with van der Waals surface area (Å²) in [7, 11) is 1.49. The molecule has 49 heavy (non-hydrogen) atoms. The minimum absolute atomic E-state index is 0.0225. The van der Waals surface area contributed by atoms with Gasteiger partial charge in [0.1, 0.15) is 11.6 Å². The number of carbonyl (C=O) groups excluding carboxylic acids is 2. The molecular weight excluding hydrogens is 631 g/mol. The Morgan fingerprint density at radius 3 is 1.94 bits per heavy atom. The minimum Gasteiger partial charge on any atom is -0.368 e. The van der Waals surface area contributed by atoms with Crippen molar-refractivity contribution in [3.8, 4) is 6.07 Å². The van der Waals surface area contributed by atoms with Gasteiger partial charge in [0.15, 0.2) is 11.4 Å². The Hall–Kier alpha value is -2.70. The van der Waals surface area contributed by atoms with Gasteiger partial charge in [-0.15, -0.1) is 0 Å². The molecular formula is C40H67N5O3S. The minimum atomic E-state index is -1.43. The van der Waals surface area contributed by atoms with Gasteiger partial charge in [-0.25, -0.2) is 9.99 Å². The molecule has 0 saturated carbocycles. The van der Waals surface area contributed by atoms with E-state index >= 15 is 0 Å². The molecule has 3 unspecified atom stereocenters. The molecule has 0 aliphatic carbocycles. The first-order chi connectivity index (χ1) is 23.0. The Balaban J connectivity index is 2.85. The SMILES string of the molecule is CCCCC1=C(C#N)C(=O)N(N(C)C(=O)C(C)(C)C)C(O)/C1=C\c1sc(N(CC(CC)CCCC)CC(CC)CCCC)nc1C(C)(C)C. The van der Waals surface area contributed by atoms with Gasteiger partial charge >= 0.3 is 0 Å². The van der Waals surface area contributed by atoms with Crippen molar-refractivity contribution >= 4 is 34.4 Å². The van der Waals surface area contributed by atoms with Crippen molar-refractivity contribution in [3.05, 3.63) is 27.3 Å². The highest BCUT2D eigenvalue weighted by Gasteiger charge is 2.43. The highest BCUT2D eigenvalue weighted by atomic mass is 32.1. The van der Waals surface area contributed by atoms with Crippen LogP contribution in [0.1, 0.15) is 157 Å². The molecule has 276 valence electrons. The van der Waals surface area contributed by atoms with Crippen molar-refractivity contribution < 1.29 is 14.7 Å². The van der Waals surface area contributed by atoms with E-state index in [1.807, 2.05) is 6.08 Å². The lowest BCUT2D eigenvalue weighted by Crippen LogP contribution is -2.58. The number of unbranched alkanes of at least 4 members (excludes halogenated alkanes) is 3. The number of hydrazine groups is 1. The summed E-state index contributed by atoms with van der Waals surface area (Å²) in [4.78, 5) is 36.0. The van der Waals surface area contributed by atoms with E-state index in [2.05, 4.69) is 66.4 Å². The van der Waals surface area contributed by atoms with Crippen LogP contribution in [0.25, 0.3) is 6.08 Å². The average molecular weight is 698 g/mol. The average Bonchev–Trinajstić information content (AvgIpc) is 3.48. The van der Waals surface area contributed by atoms with E-state index in [0.29, 0.717) is 29.4 Å². The maximum atomic E-state index is 13.8. The summed E-state index contributed by atoms with van der Waals surface area (Å²) in [6.45, 7) is 24.8. The molecule has 0 spiro atoms. The smallest absolute Gasteiger partial charge is 0.286 e. The fraction of sp³-hybridized carbons (Fsp3) is 0.750. The van der Waals surface area contributed by atoms with E-state index in [4.69, 9.17) is 4.98 Å². The summed E-state index contributed by atoms with van der Waals surface area (Å²) < 4.78 is 0. The second-order valence-electron chi connectivity index (χ2n) is 16.0. The van der Waals surface area contributed by atoms with Gasteiger partial charge in [0.25, 0.3) is 5.91 Å². The Bertz CT molecular complexity index is 1320. The topological polar surface area (TPSA) is 101 Å². The lowest BCUT2D eigenvalue weighted by atomic mass is 9.87. The molecule has 2 heterocycles. The molecule has 0 aromatic carbocycles. The number of aromatic nitrogens is 1. The molecule has 1 aliphatic heterocycles. The summed E-state index contributed by atoms with van der Waals surface area (Å²) in [5, 5.41) is 25.5. The quantitative estimate of drug-likeness (QED) is 0.164. The zero-order chi connectivity index (χ0) is 37.1. The zero-order valence-corrected chi connectivity index (χ0v) is 33.7. The zero-order valence-electron chi connectivity index (χ0n) is 32.9. The summed E-state index contributed by atoms with van der Waals surface area (Å²) in [6, 6.07) is 2.15. The normalized spacial score (nSPS) is 17.8. The van der Waals surface area contributed by atoms with Crippen LogP contribution in [-0.4, -0.2) is 58.3 Å². The van der Waals surface area contributed by atoms with E-state index in [-0.39, 0.29) is 16.9 Å². The number of nitrogens with zero attached hydrogens (tertiary/aromatic N) is 5. The molecule has 2 rings (SSSR count). The number of amides is 2. The largest absolute Gasteiger partial charge is 0.368 e. The van der Waals surface area contributed by atoms with E-state index < -0.39 is 17.6 Å². The third-order valence-electron chi connectivity index (χ3n) is 9.69. The second-order valence-corrected chi connectivity index (χ2v) is 17.0. The fourth-order valence-corrected chi connectivity index (χ4v) is 7.74. The summed E-state index contributed by atoms with van der Waals surface area (Å²) in [5.41, 5.74) is 0.841. The molecule has 0 fully saturated rings. The number of hydrogen-bond acceptors (Lipinski definition) is 7. The monoisotopic (exact) mass is 697 g/mol. The summed E-state index contributed by atoms with van der Waals surface area (Å²) in [6.07, 6.45) is 12.1. The number of hydrogen-bond donors (Lipinski definition) is 1. The van der Waals surface area contributed by atoms with Crippen LogP contribution in [0.3, 0.4) is 0 Å². The Morgan fingerprint density at radius 1 is 0.980 bits per heavy atom. The Morgan fingerprint density at radius 2 is 1.51 bits per heavy atom. The summed E-state index contributed by atoms with van der Waals surface area (Å²) in [5.74, 6) is 0.164. The van der Waals surface area contributed by atoms with Gasteiger partial charge in [0.05, 0.1) is 10.6 Å². The van der Waals surface area contributed by atoms with E-state index in [1.165, 1.54) is 50.6 Å². The van der Waals surface area contributed by atoms with Gasteiger partial charge in [-0.05, 0) is 49.2 Å². The number of carbonyl (C=O) groups is 2. The van der Waals surface area contributed by atoms with Crippen LogP contribution in [-0.2, 0) is 15.0 Å². The number of rotatable bonds is 18. The first-order valence-electron chi connectivity index (χ1n) is 18.9. The predicted octanol–water partition coefficient (Wildman–Crippen LogP) is 9.65. The molecule has 0 bridgehead atoms. The number of aliphatic hydroxyl groups excluding tert-OH is 1. The fourth-order valence-electron chi connectivity index (χ4n) is 6.49. The maximum absolute atomic E-state index is 13.8. The number of nitriles is 1. The van der Waals surface area contributed by atoms with Crippen LogP contribution in [0.4, 0.5) is 5.13 Å². The van der Waals surface area contributed by atoms with Gasteiger partial charge in [0.2, 0.25) is 5.91 Å². The first kappa shape index (κ1) is 42.5. The van der Waals surface area contributed by atoms with Gasteiger partial charge < -0.3 is 10.0 Å². The molecule has 1 N–H and O–H groups in total. The molecule has 9 heteroatoms. The van der Waals surface area contributed by atoms with Crippen LogP contribution < -0.4 is 4.90 Å². The maximum Gasteiger partial charge on any atom is 0.286 e. The Labute approximate surface area is 302 Å². The predicted molar refractivity (Wildman–Crippen MR) is 205 cm³/mol. The summed E-state index contributed by atoms with van der Waals surface area (Å²) >= 11 is 1.64.